The van der Waals surface area contributed by atoms with E-state index >= 15 is 0 Å². The lowest BCUT2D eigenvalue weighted by atomic mass is 10.1. The second-order valence-electron chi connectivity index (χ2n) is 7.90. The monoisotopic (exact) mass is 479 g/mol. The number of thioether (sulfide) groups is 1. The molecule has 2 N–H and O–H groups in total. The van der Waals surface area contributed by atoms with Crippen molar-refractivity contribution in [3.63, 3.8) is 0 Å². The van der Waals surface area contributed by atoms with Gasteiger partial charge in [-0.1, -0.05) is 55.1 Å². The van der Waals surface area contributed by atoms with Gasteiger partial charge < -0.3 is 10.1 Å². The highest BCUT2D eigenvalue weighted by molar-refractivity contribution is 7.99. The van der Waals surface area contributed by atoms with Crippen molar-refractivity contribution in [2.45, 2.75) is 18.5 Å². The summed E-state index contributed by atoms with van der Waals surface area (Å²) in [6, 6.07) is 24.4. The fourth-order valence-corrected chi connectivity index (χ4v) is 4.74. The highest BCUT2D eigenvalue weighted by atomic mass is 32.2. The molecule has 0 saturated heterocycles. The molecule has 0 amide bonds. The Hall–Kier alpha value is -4.35. The zero-order chi connectivity index (χ0) is 24.4. The molecule has 0 fully saturated rings. The maximum absolute atomic E-state index is 13.4. The number of nitriles is 1. The van der Waals surface area contributed by atoms with Crippen LogP contribution in [0.25, 0.3) is 33.2 Å². The third-order valence-electron chi connectivity index (χ3n) is 5.71. The normalized spacial score (nSPS) is 12.0. The zero-order valence-corrected chi connectivity index (χ0v) is 19.7. The van der Waals surface area contributed by atoms with Gasteiger partial charge in [-0.3, -0.25) is 9.36 Å². The van der Waals surface area contributed by atoms with Crippen molar-refractivity contribution >= 4 is 39.3 Å². The van der Waals surface area contributed by atoms with Gasteiger partial charge in [0.25, 0.3) is 5.56 Å². The number of aromatic nitrogens is 4. The van der Waals surface area contributed by atoms with E-state index < -0.39 is 0 Å². The van der Waals surface area contributed by atoms with Crippen molar-refractivity contribution in [2.24, 2.45) is 0 Å². The number of fused-ring (bicyclic) bond motifs is 2. The van der Waals surface area contributed by atoms with Crippen LogP contribution in [0.1, 0.15) is 18.3 Å². The van der Waals surface area contributed by atoms with Crippen LogP contribution in [-0.4, -0.2) is 30.4 Å². The van der Waals surface area contributed by atoms with E-state index in [1.807, 2.05) is 66.7 Å². The number of allylic oxidation sites excluding steroid dienone is 1. The van der Waals surface area contributed by atoms with Gasteiger partial charge in [0.15, 0.2) is 11.0 Å². The predicted octanol–water partition coefficient (Wildman–Crippen LogP) is 5.41. The van der Waals surface area contributed by atoms with E-state index in [4.69, 9.17) is 4.98 Å². The maximum Gasteiger partial charge on any atom is 0.266 e. The van der Waals surface area contributed by atoms with Crippen LogP contribution >= 0.6 is 11.8 Å². The van der Waals surface area contributed by atoms with E-state index in [1.165, 1.54) is 11.8 Å². The van der Waals surface area contributed by atoms with E-state index in [0.717, 1.165) is 17.5 Å². The van der Waals surface area contributed by atoms with Crippen molar-refractivity contribution in [3.8, 4) is 11.8 Å². The highest BCUT2D eigenvalue weighted by Crippen LogP contribution is 2.26. The molecule has 0 aliphatic rings. The summed E-state index contributed by atoms with van der Waals surface area (Å²) in [6.07, 6.45) is 0.893. The number of nitrogens with one attached hydrogen (secondary N) is 1. The highest BCUT2D eigenvalue weighted by Gasteiger charge is 2.17. The standard InChI is InChI=1S/C27H21N5O2S/c1-2-17-11-13-18(14-12-17)32-26(34)19-7-3-4-8-21(19)31-27(32)35-16-24(33)20(15-28)25-29-22-9-5-6-10-23(22)30-25/h3-14,33H,2,16H2,1H3,(H,29,30)/b24-20-. The van der Waals surface area contributed by atoms with Crippen LogP contribution in [0.15, 0.2) is 88.5 Å². The number of H-pyrrole nitrogens is 1. The minimum absolute atomic E-state index is 0.0394. The second-order valence-corrected chi connectivity index (χ2v) is 8.84. The van der Waals surface area contributed by atoms with Crippen molar-refractivity contribution in [1.29, 1.82) is 5.26 Å². The first kappa shape index (κ1) is 22.4. The third kappa shape index (κ3) is 4.29. The summed E-state index contributed by atoms with van der Waals surface area (Å²) in [5.41, 5.74) is 3.76. The second kappa shape index (κ2) is 9.49. The van der Waals surface area contributed by atoms with Gasteiger partial charge in [-0.2, -0.15) is 5.26 Å². The molecule has 0 atom stereocenters. The molecule has 0 unspecified atom stereocenters. The Labute approximate surface area is 205 Å². The summed E-state index contributed by atoms with van der Waals surface area (Å²) in [6.45, 7) is 2.07. The first-order valence-electron chi connectivity index (χ1n) is 11.1. The molecule has 0 aliphatic carbocycles. The molecule has 8 heteroatoms. The molecule has 7 nitrogen and oxygen atoms in total. The predicted molar refractivity (Wildman–Crippen MR) is 139 cm³/mol. The number of nitrogens with zero attached hydrogens (tertiary/aromatic N) is 4. The van der Waals surface area contributed by atoms with E-state index in [9.17, 15) is 15.2 Å². The van der Waals surface area contributed by atoms with Gasteiger partial charge in [0.1, 0.15) is 17.4 Å². The van der Waals surface area contributed by atoms with Crippen LogP contribution in [0, 0.1) is 11.3 Å². The van der Waals surface area contributed by atoms with Gasteiger partial charge in [-0.25, -0.2) is 9.97 Å². The van der Waals surface area contributed by atoms with E-state index in [0.29, 0.717) is 33.1 Å². The van der Waals surface area contributed by atoms with Crippen molar-refractivity contribution in [2.75, 3.05) is 5.75 Å². The Morgan fingerprint density at radius 3 is 2.46 bits per heavy atom. The maximum atomic E-state index is 13.4. The molecule has 172 valence electrons. The van der Waals surface area contributed by atoms with Crippen molar-refractivity contribution in [3.05, 3.63) is 100 Å². The molecule has 0 aliphatic heterocycles. The van der Waals surface area contributed by atoms with Crippen LogP contribution in [-0.2, 0) is 6.42 Å². The fourth-order valence-electron chi connectivity index (χ4n) is 3.85. The number of aliphatic hydroxyl groups excluding tert-OH is 1. The molecule has 0 radical (unpaired) electrons. The van der Waals surface area contributed by atoms with Gasteiger partial charge in [-0.15, -0.1) is 0 Å². The molecule has 2 heterocycles. The molecule has 5 aromatic rings. The Balaban J connectivity index is 1.56. The van der Waals surface area contributed by atoms with Crippen LogP contribution < -0.4 is 5.56 Å². The van der Waals surface area contributed by atoms with Crippen molar-refractivity contribution < 1.29 is 5.11 Å². The molecule has 0 spiro atoms. The smallest absolute Gasteiger partial charge is 0.266 e. The van der Waals surface area contributed by atoms with Crippen LogP contribution in [0.2, 0.25) is 0 Å². The Morgan fingerprint density at radius 1 is 1.03 bits per heavy atom. The molecular weight excluding hydrogens is 458 g/mol. The molecule has 0 saturated carbocycles. The van der Waals surface area contributed by atoms with E-state index in [-0.39, 0.29) is 22.6 Å². The largest absolute Gasteiger partial charge is 0.510 e. The molecule has 2 aromatic heterocycles. The number of aryl methyl sites for hydroxylation is 1. The Kier molecular flexibility index (Phi) is 6.08. The lowest BCUT2D eigenvalue weighted by molar-refractivity contribution is 0.420. The lowest BCUT2D eigenvalue weighted by Crippen LogP contribution is -2.22. The van der Waals surface area contributed by atoms with Crippen LogP contribution in [0.5, 0.6) is 0 Å². The summed E-state index contributed by atoms with van der Waals surface area (Å²) in [7, 11) is 0. The summed E-state index contributed by atoms with van der Waals surface area (Å²) in [5, 5.41) is 21.5. The zero-order valence-electron chi connectivity index (χ0n) is 18.9. The summed E-state index contributed by atoms with van der Waals surface area (Å²) in [4.78, 5) is 25.6. The van der Waals surface area contributed by atoms with Gasteiger partial charge in [0, 0.05) is 0 Å². The lowest BCUT2D eigenvalue weighted by Gasteiger charge is -2.13. The first-order valence-corrected chi connectivity index (χ1v) is 12.1. The minimum Gasteiger partial charge on any atom is -0.510 e. The number of aromatic amines is 1. The number of imidazole rings is 1. The van der Waals surface area contributed by atoms with E-state index in [1.54, 1.807) is 16.7 Å². The number of para-hydroxylation sites is 3. The number of hydrogen-bond donors (Lipinski definition) is 2. The van der Waals surface area contributed by atoms with Crippen molar-refractivity contribution in [1.82, 2.24) is 19.5 Å². The summed E-state index contributed by atoms with van der Waals surface area (Å²) >= 11 is 1.19. The van der Waals surface area contributed by atoms with Crippen LogP contribution in [0.4, 0.5) is 0 Å². The van der Waals surface area contributed by atoms with Gasteiger partial charge in [0.2, 0.25) is 0 Å². The fraction of sp³-hybridized carbons (Fsp3) is 0.111. The first-order chi connectivity index (χ1) is 17.1. The minimum atomic E-state index is -0.191. The van der Waals surface area contributed by atoms with Gasteiger partial charge in [-0.05, 0) is 48.4 Å². The average molecular weight is 480 g/mol. The van der Waals surface area contributed by atoms with E-state index in [2.05, 4.69) is 16.9 Å². The molecule has 5 rings (SSSR count). The van der Waals surface area contributed by atoms with Gasteiger partial charge >= 0.3 is 0 Å². The topological polar surface area (TPSA) is 108 Å². The number of hydrogen-bond acceptors (Lipinski definition) is 6. The Bertz CT molecular complexity index is 1640. The summed E-state index contributed by atoms with van der Waals surface area (Å²) < 4.78 is 1.55. The SMILES string of the molecule is CCc1ccc(-n2c(SC/C(O)=C(\C#N)c3nc4ccccc4[nH]3)nc3ccccc3c2=O)cc1. The molecule has 35 heavy (non-hydrogen) atoms. The summed E-state index contributed by atoms with van der Waals surface area (Å²) in [5.74, 6) is 0.190. The molecule has 3 aromatic carbocycles. The number of aliphatic hydroxyl groups is 1. The number of benzene rings is 3. The number of rotatable bonds is 6. The third-order valence-corrected chi connectivity index (χ3v) is 6.66. The quantitative estimate of drug-likeness (QED) is 0.146. The van der Waals surface area contributed by atoms with Crippen LogP contribution in [0.3, 0.4) is 0 Å². The average Bonchev–Trinajstić information content (AvgIpc) is 3.32. The molecular formula is C27H21N5O2S. The molecule has 0 bridgehead atoms. The Morgan fingerprint density at radius 2 is 1.74 bits per heavy atom. The van der Waals surface area contributed by atoms with Gasteiger partial charge in [0.05, 0.1) is 33.4 Å².